The molecule has 5 nitrogen and oxygen atoms in total. The number of aromatic nitrogens is 2. The fraction of sp³-hybridized carbons (Fsp3) is 0. The molecule has 0 N–H and O–H groups in total. The van der Waals surface area contributed by atoms with Crippen LogP contribution < -0.4 is 9.80 Å². The summed E-state index contributed by atoms with van der Waals surface area (Å²) < 4.78 is 11.5. The van der Waals surface area contributed by atoms with E-state index in [9.17, 15) is 0 Å². The van der Waals surface area contributed by atoms with Crippen LogP contribution in [0.4, 0.5) is 34.1 Å². The second-order valence-corrected chi connectivity index (χ2v) is 18.5. The van der Waals surface area contributed by atoms with Crippen molar-refractivity contribution in [3.05, 3.63) is 279 Å². The predicted molar refractivity (Wildman–Crippen MR) is 305 cm³/mol. The molecule has 3 heterocycles. The van der Waals surface area contributed by atoms with Gasteiger partial charge in [-0.15, -0.1) is 0 Å². The van der Waals surface area contributed by atoms with Crippen molar-refractivity contribution in [3.8, 4) is 33.6 Å². The number of para-hydroxylation sites is 4. The maximum Gasteiger partial charge on any atom is 0.159 e. The number of hydrogen-bond acceptors (Lipinski definition) is 3. The number of nitrogens with zero attached hydrogens (tertiary/aromatic N) is 4. The van der Waals surface area contributed by atoms with Crippen LogP contribution in [0.2, 0.25) is 0 Å². The second-order valence-electron chi connectivity index (χ2n) is 18.5. The zero-order valence-electron chi connectivity index (χ0n) is 39.8. The molecule has 11 aromatic carbocycles. The lowest BCUT2D eigenvalue weighted by Crippen LogP contribution is -2.13. The molecule has 0 amide bonds. The minimum Gasteiger partial charge on any atom is -0.462 e. The van der Waals surface area contributed by atoms with Gasteiger partial charge in [0.1, 0.15) is 0 Å². The molecule has 0 unspecified atom stereocenters. The fourth-order valence-corrected chi connectivity index (χ4v) is 11.0. The van der Waals surface area contributed by atoms with Gasteiger partial charge in [0.05, 0.1) is 39.7 Å². The van der Waals surface area contributed by atoms with Crippen LogP contribution in [0, 0.1) is 0 Å². The Bertz CT molecular complexity index is 4010. The molecular formula is C68H46N4O. The van der Waals surface area contributed by atoms with Crippen LogP contribution in [0.25, 0.3) is 88.2 Å². The third kappa shape index (κ3) is 7.17. The molecule has 0 spiro atoms. The summed E-state index contributed by atoms with van der Waals surface area (Å²) in [7, 11) is 0. The minimum absolute atomic E-state index is 0.782. The Morgan fingerprint density at radius 3 is 1.11 bits per heavy atom. The molecule has 0 aliphatic heterocycles. The summed E-state index contributed by atoms with van der Waals surface area (Å²) in [5.41, 5.74) is 18.4. The van der Waals surface area contributed by atoms with Gasteiger partial charge in [0.25, 0.3) is 0 Å². The summed E-state index contributed by atoms with van der Waals surface area (Å²) in [5.74, 6) is 0. The molecule has 73 heavy (non-hydrogen) atoms. The lowest BCUT2D eigenvalue weighted by atomic mass is 10.0. The number of fused-ring (bicyclic) bond motifs is 7. The standard InChI is InChI=1S/C68H46N4O/c1-5-17-47(18-6-1)49-29-33-53(34-30-49)69(55-37-39-65-60(45-55)57-25-13-15-27-62(57)71(65)51-21-9-3-10-22-51)64-41-42-67(68-59(64)43-44-73-68)70(54-35-31-50(32-36-54)48-19-7-2-8-20-48)56-38-40-66-61(46-56)58-26-14-16-28-63(58)72(66)52-23-11-4-12-24-52/h1-46H. The molecule has 0 radical (unpaired) electrons. The number of anilines is 6. The molecule has 0 bridgehead atoms. The Labute approximate surface area is 422 Å². The first-order chi connectivity index (χ1) is 36.2. The maximum absolute atomic E-state index is 6.73. The molecule has 0 aliphatic rings. The Hall–Kier alpha value is -9.84. The lowest BCUT2D eigenvalue weighted by Gasteiger charge is -2.29. The molecule has 0 fully saturated rings. The Morgan fingerprint density at radius 1 is 0.260 bits per heavy atom. The van der Waals surface area contributed by atoms with Crippen molar-refractivity contribution in [2.24, 2.45) is 0 Å². The van der Waals surface area contributed by atoms with Gasteiger partial charge >= 0.3 is 0 Å². The van der Waals surface area contributed by atoms with E-state index in [-0.39, 0.29) is 0 Å². The van der Waals surface area contributed by atoms with Crippen LogP contribution >= 0.6 is 0 Å². The van der Waals surface area contributed by atoms with E-state index in [2.05, 4.69) is 292 Å². The molecule has 0 aliphatic carbocycles. The first-order valence-corrected chi connectivity index (χ1v) is 24.8. The molecule has 344 valence electrons. The Balaban J connectivity index is 0.967. The van der Waals surface area contributed by atoms with Crippen LogP contribution in [0.15, 0.2) is 284 Å². The van der Waals surface area contributed by atoms with Crippen molar-refractivity contribution in [2.45, 2.75) is 0 Å². The quantitative estimate of drug-likeness (QED) is 0.137. The van der Waals surface area contributed by atoms with Gasteiger partial charge in [-0.1, -0.05) is 158 Å². The molecular weight excluding hydrogens is 889 g/mol. The predicted octanol–water partition coefficient (Wildman–Crippen LogP) is 18.9. The summed E-state index contributed by atoms with van der Waals surface area (Å²) in [5, 5.41) is 5.73. The maximum atomic E-state index is 6.73. The molecule has 0 saturated heterocycles. The summed E-state index contributed by atoms with van der Waals surface area (Å²) in [6, 6.07) is 98.0. The first-order valence-electron chi connectivity index (χ1n) is 24.8. The smallest absolute Gasteiger partial charge is 0.159 e. The summed E-state index contributed by atoms with van der Waals surface area (Å²) in [6.07, 6.45) is 1.83. The largest absolute Gasteiger partial charge is 0.462 e. The van der Waals surface area contributed by atoms with E-state index in [0.717, 1.165) is 84.1 Å². The van der Waals surface area contributed by atoms with Crippen molar-refractivity contribution in [1.82, 2.24) is 9.13 Å². The van der Waals surface area contributed by atoms with Gasteiger partial charge in [-0.2, -0.15) is 0 Å². The third-order valence-electron chi connectivity index (χ3n) is 14.4. The van der Waals surface area contributed by atoms with E-state index >= 15 is 0 Å². The molecule has 0 atom stereocenters. The number of benzene rings is 11. The van der Waals surface area contributed by atoms with Gasteiger partial charge < -0.3 is 23.4 Å². The summed E-state index contributed by atoms with van der Waals surface area (Å²) in [6.45, 7) is 0. The lowest BCUT2D eigenvalue weighted by molar-refractivity contribution is 0.616. The van der Waals surface area contributed by atoms with E-state index < -0.39 is 0 Å². The number of rotatable bonds is 10. The van der Waals surface area contributed by atoms with E-state index in [0.29, 0.717) is 0 Å². The van der Waals surface area contributed by atoms with Crippen molar-refractivity contribution < 1.29 is 4.42 Å². The van der Waals surface area contributed by atoms with E-state index in [1.165, 1.54) is 38.2 Å². The zero-order valence-corrected chi connectivity index (χ0v) is 39.8. The van der Waals surface area contributed by atoms with Crippen LogP contribution in [-0.4, -0.2) is 9.13 Å². The second kappa shape index (κ2) is 17.5. The molecule has 14 rings (SSSR count). The van der Waals surface area contributed by atoms with Crippen molar-refractivity contribution >= 4 is 88.7 Å². The van der Waals surface area contributed by atoms with Crippen LogP contribution in [0.3, 0.4) is 0 Å². The van der Waals surface area contributed by atoms with Gasteiger partial charge in [0, 0.05) is 61.1 Å². The number of hydrogen-bond donors (Lipinski definition) is 0. The summed E-state index contributed by atoms with van der Waals surface area (Å²) >= 11 is 0. The van der Waals surface area contributed by atoms with Gasteiger partial charge in [-0.3, -0.25) is 0 Å². The van der Waals surface area contributed by atoms with Crippen molar-refractivity contribution in [1.29, 1.82) is 0 Å². The van der Waals surface area contributed by atoms with Crippen molar-refractivity contribution in [2.75, 3.05) is 9.80 Å². The number of furan rings is 1. The highest BCUT2D eigenvalue weighted by Gasteiger charge is 2.25. The van der Waals surface area contributed by atoms with Gasteiger partial charge in [0.2, 0.25) is 0 Å². The average Bonchev–Trinajstić information content (AvgIpc) is 4.19. The normalized spacial score (nSPS) is 11.6. The van der Waals surface area contributed by atoms with Gasteiger partial charge in [-0.25, -0.2) is 0 Å². The Kier molecular flexibility index (Phi) is 10.1. The Morgan fingerprint density at radius 2 is 0.630 bits per heavy atom. The fourth-order valence-electron chi connectivity index (χ4n) is 11.0. The molecule has 3 aromatic heterocycles. The van der Waals surface area contributed by atoms with Gasteiger partial charge in [0.15, 0.2) is 5.58 Å². The van der Waals surface area contributed by atoms with Gasteiger partial charge in [-0.05, 0) is 138 Å². The van der Waals surface area contributed by atoms with E-state index in [4.69, 9.17) is 4.42 Å². The van der Waals surface area contributed by atoms with Crippen LogP contribution in [0.5, 0.6) is 0 Å². The topological polar surface area (TPSA) is 29.5 Å². The SMILES string of the molecule is c1ccc(-c2ccc(N(c3ccc4c(c3)c3ccccc3n4-c3ccccc3)c3ccc(N(c4ccc(-c5ccccc5)cc4)c4ccc5c(c4)c4ccccc4n5-c4ccccc4)c4occc34)cc2)cc1. The highest BCUT2D eigenvalue weighted by molar-refractivity contribution is 6.13. The first kappa shape index (κ1) is 42.1. The van der Waals surface area contributed by atoms with Crippen molar-refractivity contribution in [3.63, 3.8) is 0 Å². The zero-order chi connectivity index (χ0) is 48.2. The average molecular weight is 935 g/mol. The molecule has 14 aromatic rings. The minimum atomic E-state index is 0.782. The highest BCUT2D eigenvalue weighted by Crippen LogP contribution is 2.48. The van der Waals surface area contributed by atoms with Crippen LogP contribution in [0.1, 0.15) is 0 Å². The third-order valence-corrected chi connectivity index (χ3v) is 14.4. The summed E-state index contributed by atoms with van der Waals surface area (Å²) in [4.78, 5) is 4.73. The van der Waals surface area contributed by atoms with Crippen LogP contribution in [-0.2, 0) is 0 Å². The highest BCUT2D eigenvalue weighted by atomic mass is 16.3. The molecule has 5 heteroatoms. The monoisotopic (exact) mass is 934 g/mol. The molecule has 0 saturated carbocycles. The van der Waals surface area contributed by atoms with E-state index in [1.807, 2.05) is 6.26 Å². The van der Waals surface area contributed by atoms with E-state index in [1.54, 1.807) is 0 Å².